The number of carbonyl (C=O) groups excluding carboxylic acids is 1. The van der Waals surface area contributed by atoms with Gasteiger partial charge in [0.15, 0.2) is 0 Å². The predicted octanol–water partition coefficient (Wildman–Crippen LogP) is 1.38. The molecule has 0 aromatic carbocycles. The van der Waals surface area contributed by atoms with Crippen molar-refractivity contribution in [2.24, 2.45) is 0 Å². The summed E-state index contributed by atoms with van der Waals surface area (Å²) in [4.78, 5) is 16.6. The molecular weight excluding hydrogens is 336 g/mol. The number of amides is 1. The monoisotopic (exact) mass is 358 g/mol. The normalized spacial score (nSPS) is 23.4. The summed E-state index contributed by atoms with van der Waals surface area (Å²) in [5.41, 5.74) is 0. The molecule has 0 radical (unpaired) electrons. The predicted molar refractivity (Wildman–Crippen MR) is 88.1 cm³/mol. The number of ether oxygens (including phenoxy) is 1. The van der Waals surface area contributed by atoms with Gasteiger partial charge in [-0.2, -0.15) is 4.31 Å². The van der Waals surface area contributed by atoms with Crippen LogP contribution in [-0.4, -0.2) is 62.4 Å². The van der Waals surface area contributed by atoms with Crippen molar-refractivity contribution in [1.82, 2.24) is 9.21 Å². The smallest absolute Gasteiger partial charge is 0.244 e. The van der Waals surface area contributed by atoms with Crippen LogP contribution in [0.3, 0.4) is 0 Å². The highest BCUT2D eigenvalue weighted by Crippen LogP contribution is 2.32. The fourth-order valence-corrected chi connectivity index (χ4v) is 6.44. The maximum atomic E-state index is 13.0. The average Bonchev–Trinajstić information content (AvgIpc) is 3.14. The van der Waals surface area contributed by atoms with Gasteiger partial charge < -0.3 is 9.64 Å². The van der Waals surface area contributed by atoms with E-state index in [2.05, 4.69) is 0 Å². The molecule has 0 saturated carbocycles. The number of carbonyl (C=O) groups is 1. The lowest BCUT2D eigenvalue weighted by Crippen LogP contribution is -2.50. The number of hydrogen-bond donors (Lipinski definition) is 0. The third kappa shape index (κ3) is 3.17. The maximum absolute atomic E-state index is 13.0. The Bertz CT molecular complexity index is 692. The van der Waals surface area contributed by atoms with Crippen LogP contribution in [0.15, 0.2) is 11.0 Å². The molecule has 1 amide bonds. The summed E-state index contributed by atoms with van der Waals surface area (Å²) in [6.07, 6.45) is 1.32. The van der Waals surface area contributed by atoms with E-state index in [-0.39, 0.29) is 5.91 Å². The number of rotatable bonds is 3. The van der Waals surface area contributed by atoms with Gasteiger partial charge in [-0.1, -0.05) is 0 Å². The summed E-state index contributed by atoms with van der Waals surface area (Å²) in [6, 6.07) is 1.14. The van der Waals surface area contributed by atoms with Crippen molar-refractivity contribution >= 4 is 27.3 Å². The van der Waals surface area contributed by atoms with Crippen molar-refractivity contribution in [3.05, 3.63) is 15.8 Å². The molecule has 0 N–H and O–H groups in total. The van der Waals surface area contributed by atoms with E-state index in [0.717, 1.165) is 16.2 Å². The standard InChI is InChI=1S/C15H22N2O4S2/c1-11-10-14(12(2)22-11)23(19,20)17-5-3-4-13(17)15(18)16-6-8-21-9-7-16/h10,13H,3-9H2,1-2H3. The van der Waals surface area contributed by atoms with Crippen LogP contribution in [0, 0.1) is 13.8 Å². The Morgan fingerprint density at radius 2 is 1.96 bits per heavy atom. The molecule has 128 valence electrons. The lowest BCUT2D eigenvalue weighted by Gasteiger charge is -2.32. The third-order valence-corrected chi connectivity index (χ3v) is 7.52. The summed E-state index contributed by atoms with van der Waals surface area (Å²) in [7, 11) is -3.62. The van der Waals surface area contributed by atoms with Crippen LogP contribution in [0.1, 0.15) is 22.6 Å². The first kappa shape index (κ1) is 16.9. The Labute approximate surface area is 141 Å². The van der Waals surface area contributed by atoms with E-state index in [1.807, 2.05) is 13.8 Å². The summed E-state index contributed by atoms with van der Waals surface area (Å²) in [6.45, 7) is 6.26. The van der Waals surface area contributed by atoms with E-state index in [4.69, 9.17) is 4.74 Å². The minimum absolute atomic E-state index is 0.0843. The topological polar surface area (TPSA) is 66.9 Å². The van der Waals surface area contributed by atoms with Crippen LogP contribution in [0.25, 0.3) is 0 Å². The van der Waals surface area contributed by atoms with Gasteiger partial charge >= 0.3 is 0 Å². The van der Waals surface area contributed by atoms with Crippen molar-refractivity contribution in [3.63, 3.8) is 0 Å². The molecule has 2 aliphatic heterocycles. The van der Waals surface area contributed by atoms with Gasteiger partial charge in [-0.25, -0.2) is 8.42 Å². The molecule has 23 heavy (non-hydrogen) atoms. The Hall–Kier alpha value is -0.960. The second kappa shape index (κ2) is 6.51. The van der Waals surface area contributed by atoms with Crippen LogP contribution < -0.4 is 0 Å². The highest BCUT2D eigenvalue weighted by Gasteiger charge is 2.42. The molecule has 8 heteroatoms. The van der Waals surface area contributed by atoms with Crippen molar-refractivity contribution in [2.75, 3.05) is 32.8 Å². The molecule has 1 unspecified atom stereocenters. The zero-order valence-electron chi connectivity index (χ0n) is 13.4. The number of hydrogen-bond acceptors (Lipinski definition) is 5. The zero-order chi connectivity index (χ0) is 16.6. The highest BCUT2D eigenvalue weighted by molar-refractivity contribution is 7.89. The fraction of sp³-hybridized carbons (Fsp3) is 0.667. The molecule has 1 aromatic heterocycles. The molecule has 0 spiro atoms. The fourth-order valence-electron chi connectivity index (χ4n) is 3.26. The van der Waals surface area contributed by atoms with E-state index in [1.165, 1.54) is 15.6 Å². The molecule has 6 nitrogen and oxygen atoms in total. The van der Waals surface area contributed by atoms with Gasteiger partial charge in [-0.15, -0.1) is 11.3 Å². The maximum Gasteiger partial charge on any atom is 0.244 e. The Morgan fingerprint density at radius 3 is 2.57 bits per heavy atom. The van der Waals surface area contributed by atoms with Gasteiger partial charge in [0.2, 0.25) is 15.9 Å². The van der Waals surface area contributed by atoms with E-state index >= 15 is 0 Å². The van der Waals surface area contributed by atoms with Gasteiger partial charge in [0.05, 0.1) is 18.1 Å². The molecular formula is C15H22N2O4S2. The van der Waals surface area contributed by atoms with Crippen LogP contribution in [0.2, 0.25) is 0 Å². The van der Waals surface area contributed by atoms with Crippen LogP contribution in [0.5, 0.6) is 0 Å². The Morgan fingerprint density at radius 1 is 1.26 bits per heavy atom. The van der Waals surface area contributed by atoms with Crippen molar-refractivity contribution < 1.29 is 17.9 Å². The summed E-state index contributed by atoms with van der Waals surface area (Å²) in [5.74, 6) is -0.0843. The number of thiophene rings is 1. The highest BCUT2D eigenvalue weighted by atomic mass is 32.2. The second-order valence-corrected chi connectivity index (χ2v) is 9.31. The number of sulfonamides is 1. The van der Waals surface area contributed by atoms with E-state index < -0.39 is 16.1 Å². The summed E-state index contributed by atoms with van der Waals surface area (Å²) in [5, 5.41) is 0. The molecule has 1 aromatic rings. The third-order valence-electron chi connectivity index (χ3n) is 4.39. The van der Waals surface area contributed by atoms with Crippen LogP contribution >= 0.6 is 11.3 Å². The van der Waals surface area contributed by atoms with E-state index in [1.54, 1.807) is 11.0 Å². The number of nitrogens with zero attached hydrogens (tertiary/aromatic N) is 2. The van der Waals surface area contributed by atoms with Gasteiger partial charge in [0.25, 0.3) is 0 Å². The van der Waals surface area contributed by atoms with Crippen molar-refractivity contribution in [2.45, 2.75) is 37.6 Å². The first-order chi connectivity index (χ1) is 10.9. The summed E-state index contributed by atoms with van der Waals surface area (Å²) >= 11 is 1.47. The van der Waals surface area contributed by atoms with Crippen LogP contribution in [-0.2, 0) is 19.6 Å². The Balaban J connectivity index is 1.86. The molecule has 2 fully saturated rings. The molecule has 1 atom stereocenters. The molecule has 3 heterocycles. The molecule has 2 aliphatic rings. The zero-order valence-corrected chi connectivity index (χ0v) is 15.1. The molecule has 0 aliphatic carbocycles. The minimum Gasteiger partial charge on any atom is -0.378 e. The number of morpholine rings is 1. The van der Waals surface area contributed by atoms with Gasteiger partial charge in [0.1, 0.15) is 6.04 Å². The molecule has 2 saturated heterocycles. The summed E-state index contributed by atoms with van der Waals surface area (Å²) < 4.78 is 32.7. The van der Waals surface area contributed by atoms with Gasteiger partial charge in [0, 0.05) is 29.4 Å². The second-order valence-electron chi connectivity index (χ2n) is 5.99. The quantitative estimate of drug-likeness (QED) is 0.819. The van der Waals surface area contributed by atoms with E-state index in [9.17, 15) is 13.2 Å². The lowest BCUT2D eigenvalue weighted by molar-refractivity contribution is -0.138. The molecule has 0 bridgehead atoms. The van der Waals surface area contributed by atoms with Gasteiger partial charge in [-0.3, -0.25) is 4.79 Å². The van der Waals surface area contributed by atoms with Crippen molar-refractivity contribution in [1.29, 1.82) is 0 Å². The molecule has 3 rings (SSSR count). The SMILES string of the molecule is Cc1cc(S(=O)(=O)N2CCCC2C(=O)N2CCOCC2)c(C)s1. The Kier molecular flexibility index (Phi) is 4.78. The first-order valence-corrected chi connectivity index (χ1v) is 10.1. The lowest BCUT2D eigenvalue weighted by atomic mass is 10.2. The van der Waals surface area contributed by atoms with E-state index in [0.29, 0.717) is 44.2 Å². The number of aryl methyl sites for hydroxylation is 2. The van der Waals surface area contributed by atoms with Gasteiger partial charge in [-0.05, 0) is 32.8 Å². The largest absolute Gasteiger partial charge is 0.378 e. The van der Waals surface area contributed by atoms with Crippen molar-refractivity contribution in [3.8, 4) is 0 Å². The average molecular weight is 358 g/mol. The first-order valence-electron chi connectivity index (χ1n) is 7.86. The minimum atomic E-state index is -3.62. The van der Waals surface area contributed by atoms with Crippen LogP contribution in [0.4, 0.5) is 0 Å².